The number of carbonyl (C=O) groups is 2. The average molecular weight is 530 g/mol. The van der Waals surface area contributed by atoms with Gasteiger partial charge in [0.1, 0.15) is 16.7 Å². The van der Waals surface area contributed by atoms with Crippen molar-refractivity contribution in [3.63, 3.8) is 0 Å². The zero-order valence-corrected chi connectivity index (χ0v) is 24.8. The van der Waals surface area contributed by atoms with E-state index in [2.05, 4.69) is 10.3 Å². The van der Waals surface area contributed by atoms with Gasteiger partial charge >= 0.3 is 5.97 Å². The second kappa shape index (κ2) is 13.3. The number of ether oxygens (including phenoxy) is 1. The Morgan fingerprint density at radius 2 is 1.78 bits per heavy atom. The van der Waals surface area contributed by atoms with Gasteiger partial charge in [-0.3, -0.25) is 10.1 Å². The normalized spacial score (nSPS) is 16.8. The Morgan fingerprint density at radius 1 is 1.19 bits per heavy atom. The van der Waals surface area contributed by atoms with Gasteiger partial charge in [-0.25, -0.2) is 9.78 Å². The fourth-order valence-corrected chi connectivity index (χ4v) is 4.57. The molecule has 0 bridgehead atoms. The fourth-order valence-electron chi connectivity index (χ4n) is 3.78. The Kier molecular flexibility index (Phi) is 12.0. The predicted octanol–water partition coefficient (Wildman–Crippen LogP) is 3.03. The molecule has 1 amide bonds. The first-order chi connectivity index (χ1) is 16.5. The highest BCUT2D eigenvalue weighted by molar-refractivity contribution is 7.09. The summed E-state index contributed by atoms with van der Waals surface area (Å²) in [5, 5.41) is 27.3. The average Bonchev–Trinajstić information content (AvgIpc) is 3.29. The van der Waals surface area contributed by atoms with E-state index in [1.54, 1.807) is 24.3 Å². The van der Waals surface area contributed by atoms with Crippen LogP contribution in [0.25, 0.3) is 0 Å². The Labute approximate surface area is 221 Å². The third kappa shape index (κ3) is 7.95. The van der Waals surface area contributed by atoms with Crippen molar-refractivity contribution >= 4 is 23.2 Å². The number of hydrogen-bond acceptors (Lipinski definition) is 8. The second-order valence-corrected chi connectivity index (χ2v) is 12.3. The Hall–Kier alpha value is -1.59. The molecule has 208 valence electrons. The SMILES string of the molecule is CCOC(=O)c1csc([C@H](O)C[C@H](C(C)C)N(C)C(=O)[C@@H](NC(O)C(C)(C)[N+](C)(C)C)C(C)CC)n1. The van der Waals surface area contributed by atoms with Crippen LogP contribution in [0.15, 0.2) is 5.38 Å². The van der Waals surface area contributed by atoms with Crippen LogP contribution in [0, 0.1) is 11.8 Å². The molecular weight excluding hydrogens is 480 g/mol. The van der Waals surface area contributed by atoms with Gasteiger partial charge in [-0.2, -0.15) is 0 Å². The van der Waals surface area contributed by atoms with Gasteiger partial charge in [0.05, 0.1) is 33.8 Å². The minimum absolute atomic E-state index is 0.0123. The van der Waals surface area contributed by atoms with Crippen molar-refractivity contribution in [1.82, 2.24) is 15.2 Å². The molecule has 2 unspecified atom stereocenters. The van der Waals surface area contributed by atoms with E-state index in [9.17, 15) is 19.8 Å². The monoisotopic (exact) mass is 529 g/mol. The van der Waals surface area contributed by atoms with Crippen LogP contribution >= 0.6 is 11.3 Å². The number of aliphatic hydroxyl groups is 2. The van der Waals surface area contributed by atoms with Crippen LogP contribution in [0.1, 0.15) is 82.9 Å². The lowest BCUT2D eigenvalue weighted by Crippen LogP contribution is -2.67. The molecule has 0 saturated carbocycles. The van der Waals surface area contributed by atoms with Crippen LogP contribution in [0.5, 0.6) is 0 Å². The summed E-state index contributed by atoms with van der Waals surface area (Å²) in [5.74, 6) is -0.597. The number of amides is 1. The first-order valence-electron chi connectivity index (χ1n) is 12.8. The molecule has 0 aliphatic heterocycles. The molecule has 0 aromatic carbocycles. The highest BCUT2D eigenvalue weighted by Crippen LogP contribution is 2.28. The zero-order chi connectivity index (χ0) is 28.0. The van der Waals surface area contributed by atoms with Crippen molar-refractivity contribution in [1.29, 1.82) is 0 Å². The van der Waals surface area contributed by atoms with Crippen LogP contribution in [0.3, 0.4) is 0 Å². The number of aliphatic hydroxyl groups excluding tert-OH is 2. The third-order valence-corrected chi connectivity index (χ3v) is 8.53. The van der Waals surface area contributed by atoms with Gasteiger partial charge in [0.2, 0.25) is 5.91 Å². The van der Waals surface area contributed by atoms with Gasteiger partial charge in [0.25, 0.3) is 0 Å². The molecule has 9 nitrogen and oxygen atoms in total. The van der Waals surface area contributed by atoms with Gasteiger partial charge in [-0.05, 0) is 32.6 Å². The number of thiazole rings is 1. The molecule has 1 rings (SSSR count). The van der Waals surface area contributed by atoms with Crippen molar-refractivity contribution in [2.24, 2.45) is 11.8 Å². The van der Waals surface area contributed by atoms with Crippen LogP contribution in [-0.2, 0) is 9.53 Å². The van der Waals surface area contributed by atoms with Crippen molar-refractivity contribution in [3.8, 4) is 0 Å². The highest BCUT2D eigenvalue weighted by atomic mass is 32.1. The fraction of sp³-hybridized carbons (Fsp3) is 0.808. The van der Waals surface area contributed by atoms with Crippen molar-refractivity contribution in [2.75, 3.05) is 34.8 Å². The van der Waals surface area contributed by atoms with Gasteiger partial charge in [-0.1, -0.05) is 34.1 Å². The molecule has 3 N–H and O–H groups in total. The van der Waals surface area contributed by atoms with Gasteiger partial charge < -0.3 is 24.3 Å². The van der Waals surface area contributed by atoms with Crippen LogP contribution in [0.2, 0.25) is 0 Å². The van der Waals surface area contributed by atoms with Crippen molar-refractivity contribution < 1.29 is 29.0 Å². The summed E-state index contributed by atoms with van der Waals surface area (Å²) in [7, 11) is 7.79. The molecule has 0 aliphatic carbocycles. The number of nitrogens with zero attached hydrogens (tertiary/aromatic N) is 3. The maximum absolute atomic E-state index is 13.8. The van der Waals surface area contributed by atoms with Crippen LogP contribution in [0.4, 0.5) is 0 Å². The Balaban J connectivity index is 3.11. The molecule has 0 fully saturated rings. The summed E-state index contributed by atoms with van der Waals surface area (Å²) >= 11 is 1.20. The minimum Gasteiger partial charge on any atom is -0.461 e. The van der Waals surface area contributed by atoms with E-state index in [1.807, 2.05) is 62.7 Å². The lowest BCUT2D eigenvalue weighted by atomic mass is 9.91. The van der Waals surface area contributed by atoms with E-state index in [4.69, 9.17) is 4.74 Å². The van der Waals surface area contributed by atoms with Crippen molar-refractivity contribution in [3.05, 3.63) is 16.1 Å². The maximum Gasteiger partial charge on any atom is 0.357 e. The summed E-state index contributed by atoms with van der Waals surface area (Å²) in [6.45, 7) is 14.0. The summed E-state index contributed by atoms with van der Waals surface area (Å²) in [6, 6.07) is -0.867. The molecule has 0 spiro atoms. The molecule has 1 heterocycles. The maximum atomic E-state index is 13.8. The Bertz CT molecular complexity index is 852. The summed E-state index contributed by atoms with van der Waals surface area (Å²) < 4.78 is 5.50. The minimum atomic E-state index is -0.932. The molecule has 36 heavy (non-hydrogen) atoms. The molecule has 1 aromatic heterocycles. The first kappa shape index (κ1) is 32.4. The molecular formula is C26H49N4O5S+. The van der Waals surface area contributed by atoms with E-state index in [0.29, 0.717) is 9.49 Å². The number of quaternary nitrogens is 1. The van der Waals surface area contributed by atoms with Crippen molar-refractivity contribution in [2.45, 2.75) is 91.3 Å². The summed E-state index contributed by atoms with van der Waals surface area (Å²) in [4.78, 5) is 31.7. The van der Waals surface area contributed by atoms with Crippen LogP contribution < -0.4 is 5.32 Å². The number of esters is 1. The van der Waals surface area contributed by atoms with E-state index in [0.717, 1.165) is 6.42 Å². The topological polar surface area (TPSA) is 112 Å². The molecule has 1 aromatic rings. The lowest BCUT2D eigenvalue weighted by molar-refractivity contribution is -0.924. The highest BCUT2D eigenvalue weighted by Gasteiger charge is 2.43. The van der Waals surface area contributed by atoms with Gasteiger partial charge in [0.15, 0.2) is 11.9 Å². The summed E-state index contributed by atoms with van der Waals surface area (Å²) in [6.07, 6.45) is -0.804. The zero-order valence-electron chi connectivity index (χ0n) is 24.0. The number of hydrogen-bond donors (Lipinski definition) is 3. The summed E-state index contributed by atoms with van der Waals surface area (Å²) in [5.41, 5.74) is -0.365. The first-order valence-corrected chi connectivity index (χ1v) is 13.7. The predicted molar refractivity (Wildman–Crippen MR) is 144 cm³/mol. The Morgan fingerprint density at radius 3 is 2.25 bits per heavy atom. The number of carbonyl (C=O) groups excluding carboxylic acids is 2. The number of aromatic nitrogens is 1. The molecule has 0 aliphatic rings. The van der Waals surface area contributed by atoms with Gasteiger partial charge in [0, 0.05) is 24.9 Å². The lowest BCUT2D eigenvalue weighted by Gasteiger charge is -2.46. The van der Waals surface area contributed by atoms with E-state index >= 15 is 0 Å². The quantitative estimate of drug-likeness (QED) is 0.193. The number of nitrogens with one attached hydrogen (secondary N) is 1. The molecule has 10 heteroatoms. The van der Waals surface area contributed by atoms with E-state index in [1.165, 1.54) is 11.3 Å². The smallest absolute Gasteiger partial charge is 0.357 e. The van der Waals surface area contributed by atoms with Gasteiger partial charge in [-0.15, -0.1) is 11.3 Å². The molecule has 0 radical (unpaired) electrons. The molecule has 5 atom stereocenters. The molecule has 0 saturated heterocycles. The standard InChI is InChI=1S/C26H49N4O5S/c1-12-17(5)21(28-25(34)26(6,7)30(9,10)11)23(32)29(8)19(16(3)4)14-20(31)22-27-18(15-36-22)24(33)35-13-2/h15-17,19-21,25,28,31,34H,12-14H2,1-11H3/q+1/t17?,19-,20-,21+,25?/m1/s1. The largest absolute Gasteiger partial charge is 0.461 e. The van der Waals surface area contributed by atoms with E-state index in [-0.39, 0.29) is 42.5 Å². The third-order valence-electron chi connectivity index (χ3n) is 7.59. The second-order valence-electron chi connectivity index (χ2n) is 11.4. The van der Waals surface area contributed by atoms with E-state index < -0.39 is 29.9 Å². The number of rotatable bonds is 14. The van der Waals surface area contributed by atoms with Crippen LogP contribution in [-0.4, -0.2) is 95.1 Å². The number of likely N-dealkylation sites (N-methyl/N-ethyl adjacent to an activating group) is 2.